The maximum absolute atomic E-state index is 4.16. The lowest BCUT2D eigenvalue weighted by atomic mass is 9.96. The molecule has 21 heavy (non-hydrogen) atoms. The molecular formula is C16H23N5. The van der Waals surface area contributed by atoms with Gasteiger partial charge in [0, 0.05) is 19.6 Å². The van der Waals surface area contributed by atoms with Crippen LogP contribution in [0.4, 0.5) is 0 Å². The quantitative estimate of drug-likeness (QED) is 0.869. The number of rotatable bonds is 3. The van der Waals surface area contributed by atoms with E-state index < -0.39 is 0 Å². The van der Waals surface area contributed by atoms with Crippen LogP contribution in [0, 0.1) is 6.92 Å². The lowest BCUT2D eigenvalue weighted by Gasteiger charge is -2.27. The van der Waals surface area contributed by atoms with Crippen LogP contribution in [0.15, 0.2) is 24.3 Å². The van der Waals surface area contributed by atoms with Gasteiger partial charge in [-0.25, -0.2) is 4.68 Å². The molecule has 0 spiro atoms. The van der Waals surface area contributed by atoms with Crippen LogP contribution in [-0.4, -0.2) is 37.7 Å². The highest BCUT2D eigenvalue weighted by atomic mass is 15.5. The summed E-state index contributed by atoms with van der Waals surface area (Å²) in [5.41, 5.74) is 2.76. The molecule has 2 heterocycles. The topological polar surface area (TPSA) is 46.8 Å². The monoisotopic (exact) mass is 285 g/mol. The Morgan fingerprint density at radius 3 is 2.57 bits per heavy atom. The highest BCUT2D eigenvalue weighted by molar-refractivity contribution is 5.26. The van der Waals surface area contributed by atoms with E-state index in [0.29, 0.717) is 12.0 Å². The summed E-state index contributed by atoms with van der Waals surface area (Å²) in [4.78, 5) is 2.51. The van der Waals surface area contributed by atoms with Crippen LogP contribution >= 0.6 is 0 Å². The standard InChI is InChI=1S/C16H23N5/c1-11-5-7-14(8-6-11)15-9-12(2)21(10-15)13(3)16-17-18-19-20(16)4/h5-8,12-13,15H,9-10H2,1-4H3/t12-,13+,15-/m1/s1. The minimum atomic E-state index is 0.246. The maximum atomic E-state index is 4.16. The Morgan fingerprint density at radius 2 is 1.95 bits per heavy atom. The SMILES string of the molecule is Cc1ccc([C@@H]2C[C@@H](C)N([C@@H](C)c3nnnn3C)C2)cc1. The third-order valence-electron chi connectivity index (χ3n) is 4.70. The summed E-state index contributed by atoms with van der Waals surface area (Å²) in [5.74, 6) is 1.54. The van der Waals surface area contributed by atoms with Crippen molar-refractivity contribution in [2.75, 3.05) is 6.54 Å². The van der Waals surface area contributed by atoms with Gasteiger partial charge in [-0.3, -0.25) is 4.90 Å². The number of nitrogens with zero attached hydrogens (tertiary/aromatic N) is 5. The molecule has 3 atom stereocenters. The second-order valence-corrected chi connectivity index (χ2v) is 6.23. The Hall–Kier alpha value is -1.75. The Bertz CT molecular complexity index is 603. The second kappa shape index (κ2) is 5.56. The molecule has 5 heteroatoms. The van der Waals surface area contributed by atoms with E-state index >= 15 is 0 Å². The molecule has 112 valence electrons. The molecule has 1 saturated heterocycles. The maximum Gasteiger partial charge on any atom is 0.167 e. The van der Waals surface area contributed by atoms with Crippen LogP contribution in [0.2, 0.25) is 0 Å². The van der Waals surface area contributed by atoms with E-state index in [1.54, 1.807) is 4.68 Å². The van der Waals surface area contributed by atoms with Gasteiger partial charge in [0.2, 0.25) is 0 Å². The van der Waals surface area contributed by atoms with Gasteiger partial charge in [-0.2, -0.15) is 0 Å². The first-order chi connectivity index (χ1) is 10.1. The van der Waals surface area contributed by atoms with Crippen molar-refractivity contribution in [3.63, 3.8) is 0 Å². The molecule has 0 aliphatic carbocycles. The molecule has 1 aliphatic rings. The molecule has 0 amide bonds. The zero-order chi connectivity index (χ0) is 15.0. The van der Waals surface area contributed by atoms with E-state index in [1.165, 1.54) is 17.5 Å². The van der Waals surface area contributed by atoms with Crippen molar-refractivity contribution in [2.45, 2.75) is 45.2 Å². The van der Waals surface area contributed by atoms with Gasteiger partial charge in [0.1, 0.15) is 0 Å². The summed E-state index contributed by atoms with van der Waals surface area (Å²) in [6.07, 6.45) is 1.19. The normalized spacial score (nSPS) is 24.4. The summed E-state index contributed by atoms with van der Waals surface area (Å²) in [6.45, 7) is 7.70. The fraction of sp³-hybridized carbons (Fsp3) is 0.562. The number of aromatic nitrogens is 4. The smallest absolute Gasteiger partial charge is 0.167 e. The number of aryl methyl sites for hydroxylation is 2. The molecule has 0 bridgehead atoms. The predicted octanol–water partition coefficient (Wildman–Crippen LogP) is 2.46. The van der Waals surface area contributed by atoms with Crippen molar-refractivity contribution in [1.29, 1.82) is 0 Å². The first-order valence-electron chi connectivity index (χ1n) is 7.61. The highest BCUT2D eigenvalue weighted by Gasteiger charge is 2.34. The summed E-state index contributed by atoms with van der Waals surface area (Å²) in [7, 11) is 1.91. The van der Waals surface area contributed by atoms with Crippen molar-refractivity contribution in [1.82, 2.24) is 25.1 Å². The summed E-state index contributed by atoms with van der Waals surface area (Å²) in [5, 5.41) is 11.9. The Labute approximate surface area is 126 Å². The van der Waals surface area contributed by atoms with Crippen LogP contribution in [0.5, 0.6) is 0 Å². The zero-order valence-corrected chi connectivity index (χ0v) is 13.2. The van der Waals surface area contributed by atoms with Gasteiger partial charge >= 0.3 is 0 Å². The highest BCUT2D eigenvalue weighted by Crippen LogP contribution is 2.36. The first kappa shape index (κ1) is 14.2. The number of hydrogen-bond donors (Lipinski definition) is 0. The number of benzene rings is 1. The van der Waals surface area contributed by atoms with Gasteiger partial charge < -0.3 is 0 Å². The minimum absolute atomic E-state index is 0.246. The van der Waals surface area contributed by atoms with E-state index in [4.69, 9.17) is 0 Å². The Balaban J connectivity index is 1.77. The molecule has 3 rings (SSSR count). The second-order valence-electron chi connectivity index (χ2n) is 6.23. The third-order valence-corrected chi connectivity index (χ3v) is 4.70. The van der Waals surface area contributed by atoms with Crippen molar-refractivity contribution in [2.24, 2.45) is 7.05 Å². The first-order valence-corrected chi connectivity index (χ1v) is 7.61. The fourth-order valence-electron chi connectivity index (χ4n) is 3.41. The molecule has 0 saturated carbocycles. The van der Waals surface area contributed by atoms with Crippen molar-refractivity contribution >= 4 is 0 Å². The van der Waals surface area contributed by atoms with Gasteiger partial charge in [0.25, 0.3) is 0 Å². The third kappa shape index (κ3) is 2.70. The minimum Gasteiger partial charge on any atom is -0.290 e. The zero-order valence-electron chi connectivity index (χ0n) is 13.2. The predicted molar refractivity (Wildman–Crippen MR) is 81.9 cm³/mol. The van der Waals surface area contributed by atoms with Crippen molar-refractivity contribution in [3.8, 4) is 0 Å². The van der Waals surface area contributed by atoms with Crippen LogP contribution in [0.1, 0.15) is 49.2 Å². The summed E-state index contributed by atoms with van der Waals surface area (Å²) in [6, 6.07) is 9.74. The molecule has 2 aromatic rings. The lowest BCUT2D eigenvalue weighted by molar-refractivity contribution is 0.192. The molecule has 1 aromatic heterocycles. The Kier molecular flexibility index (Phi) is 3.76. The molecule has 5 nitrogen and oxygen atoms in total. The number of likely N-dealkylation sites (tertiary alicyclic amines) is 1. The molecule has 1 aromatic carbocycles. The van der Waals surface area contributed by atoms with Gasteiger partial charge in [0.15, 0.2) is 5.82 Å². The number of tetrazole rings is 1. The average Bonchev–Trinajstić information content (AvgIpc) is 3.05. The molecule has 0 N–H and O–H groups in total. The van der Waals surface area contributed by atoms with E-state index in [1.807, 2.05) is 7.05 Å². The van der Waals surface area contributed by atoms with Gasteiger partial charge in [-0.15, -0.1) is 5.10 Å². The van der Waals surface area contributed by atoms with E-state index in [-0.39, 0.29) is 6.04 Å². The van der Waals surface area contributed by atoms with Gasteiger partial charge in [-0.1, -0.05) is 29.8 Å². The van der Waals surface area contributed by atoms with Crippen LogP contribution in [-0.2, 0) is 7.05 Å². The Morgan fingerprint density at radius 1 is 1.24 bits per heavy atom. The molecule has 1 aliphatic heterocycles. The largest absolute Gasteiger partial charge is 0.290 e. The molecule has 1 fully saturated rings. The molecule has 0 radical (unpaired) electrons. The molecule has 0 unspecified atom stereocenters. The summed E-state index contributed by atoms with van der Waals surface area (Å²) >= 11 is 0. The van der Waals surface area contributed by atoms with E-state index in [0.717, 1.165) is 12.4 Å². The van der Waals surface area contributed by atoms with E-state index in [9.17, 15) is 0 Å². The van der Waals surface area contributed by atoms with E-state index in [2.05, 4.69) is 65.5 Å². The average molecular weight is 285 g/mol. The van der Waals surface area contributed by atoms with Crippen LogP contribution in [0.25, 0.3) is 0 Å². The van der Waals surface area contributed by atoms with Crippen LogP contribution < -0.4 is 0 Å². The van der Waals surface area contributed by atoms with Gasteiger partial charge in [0.05, 0.1) is 6.04 Å². The van der Waals surface area contributed by atoms with Crippen molar-refractivity contribution < 1.29 is 0 Å². The lowest BCUT2D eigenvalue weighted by Crippen LogP contribution is -2.31. The number of hydrogen-bond acceptors (Lipinski definition) is 4. The van der Waals surface area contributed by atoms with Crippen molar-refractivity contribution in [3.05, 3.63) is 41.2 Å². The van der Waals surface area contributed by atoms with Gasteiger partial charge in [-0.05, 0) is 49.1 Å². The molecular weight excluding hydrogens is 262 g/mol. The van der Waals surface area contributed by atoms with Crippen LogP contribution in [0.3, 0.4) is 0 Å². The fourth-order valence-corrected chi connectivity index (χ4v) is 3.41. The summed E-state index contributed by atoms with van der Waals surface area (Å²) < 4.78 is 1.77.